The standard InChI is InChI=1S/C10H21NO/c1-4-8(6-11)9(12)10(3)5-7(10)2/h7-9,12H,4-6,11H2,1-3H3. The molecule has 0 aliphatic heterocycles. The summed E-state index contributed by atoms with van der Waals surface area (Å²) in [5, 5.41) is 10.00. The molecule has 0 aromatic rings. The Kier molecular flexibility index (Phi) is 2.79. The van der Waals surface area contributed by atoms with Crippen LogP contribution in [0, 0.1) is 17.3 Å². The van der Waals surface area contributed by atoms with Crippen molar-refractivity contribution in [2.45, 2.75) is 39.7 Å². The second kappa shape index (κ2) is 3.35. The molecule has 12 heavy (non-hydrogen) atoms. The lowest BCUT2D eigenvalue weighted by atomic mass is 9.86. The average molecular weight is 171 g/mol. The van der Waals surface area contributed by atoms with Crippen molar-refractivity contribution in [1.82, 2.24) is 0 Å². The monoisotopic (exact) mass is 171 g/mol. The van der Waals surface area contributed by atoms with Gasteiger partial charge in [-0.2, -0.15) is 0 Å². The van der Waals surface area contributed by atoms with Crippen molar-refractivity contribution in [2.24, 2.45) is 23.0 Å². The molecule has 72 valence electrons. The maximum atomic E-state index is 10.00. The van der Waals surface area contributed by atoms with Gasteiger partial charge in [0.2, 0.25) is 0 Å². The Balaban J connectivity index is 2.51. The molecular weight excluding hydrogens is 150 g/mol. The summed E-state index contributed by atoms with van der Waals surface area (Å²) in [5.74, 6) is 0.966. The summed E-state index contributed by atoms with van der Waals surface area (Å²) in [7, 11) is 0. The van der Waals surface area contributed by atoms with E-state index in [1.54, 1.807) is 0 Å². The van der Waals surface area contributed by atoms with Crippen LogP contribution in [0.2, 0.25) is 0 Å². The van der Waals surface area contributed by atoms with Gasteiger partial charge in [0.15, 0.2) is 0 Å². The normalized spacial score (nSPS) is 39.2. The van der Waals surface area contributed by atoms with Crippen LogP contribution in [0.15, 0.2) is 0 Å². The van der Waals surface area contributed by atoms with Crippen molar-refractivity contribution in [3.8, 4) is 0 Å². The fourth-order valence-corrected chi connectivity index (χ4v) is 2.07. The van der Waals surface area contributed by atoms with Gasteiger partial charge >= 0.3 is 0 Å². The van der Waals surface area contributed by atoms with Crippen LogP contribution in [-0.4, -0.2) is 17.8 Å². The molecule has 2 nitrogen and oxygen atoms in total. The molecular formula is C10H21NO. The van der Waals surface area contributed by atoms with Crippen LogP contribution >= 0.6 is 0 Å². The summed E-state index contributed by atoms with van der Waals surface area (Å²) in [6.45, 7) is 7.07. The van der Waals surface area contributed by atoms with Crippen molar-refractivity contribution in [3.63, 3.8) is 0 Å². The molecule has 4 atom stereocenters. The summed E-state index contributed by atoms with van der Waals surface area (Å²) in [6, 6.07) is 0. The number of aliphatic hydroxyl groups is 1. The second-order valence-electron chi connectivity index (χ2n) is 4.46. The molecule has 0 heterocycles. The first-order chi connectivity index (χ1) is 5.56. The van der Waals surface area contributed by atoms with Crippen LogP contribution in [0.5, 0.6) is 0 Å². The van der Waals surface area contributed by atoms with Gasteiger partial charge in [-0.1, -0.05) is 20.8 Å². The maximum absolute atomic E-state index is 10.00. The number of aliphatic hydroxyl groups excluding tert-OH is 1. The van der Waals surface area contributed by atoms with Crippen molar-refractivity contribution in [1.29, 1.82) is 0 Å². The summed E-state index contributed by atoms with van der Waals surface area (Å²) < 4.78 is 0. The predicted octanol–water partition coefficient (Wildman–Crippen LogP) is 1.38. The third kappa shape index (κ3) is 1.50. The largest absolute Gasteiger partial charge is 0.392 e. The Morgan fingerprint density at radius 1 is 1.67 bits per heavy atom. The van der Waals surface area contributed by atoms with E-state index in [-0.39, 0.29) is 11.5 Å². The predicted molar refractivity (Wildman–Crippen MR) is 50.7 cm³/mol. The lowest BCUT2D eigenvalue weighted by Crippen LogP contribution is -2.34. The first-order valence-electron chi connectivity index (χ1n) is 4.94. The Hall–Kier alpha value is -0.0800. The molecule has 0 saturated heterocycles. The quantitative estimate of drug-likeness (QED) is 0.671. The molecule has 0 aromatic heterocycles. The van der Waals surface area contributed by atoms with Gasteiger partial charge in [-0.15, -0.1) is 0 Å². The average Bonchev–Trinajstić information content (AvgIpc) is 2.64. The molecule has 1 rings (SSSR count). The van der Waals surface area contributed by atoms with E-state index >= 15 is 0 Å². The smallest absolute Gasteiger partial charge is 0.0636 e. The van der Waals surface area contributed by atoms with Gasteiger partial charge in [0.1, 0.15) is 0 Å². The molecule has 0 aromatic carbocycles. The lowest BCUT2D eigenvalue weighted by Gasteiger charge is -2.26. The summed E-state index contributed by atoms with van der Waals surface area (Å²) in [5.41, 5.74) is 5.76. The molecule has 2 heteroatoms. The number of rotatable bonds is 4. The molecule has 4 unspecified atom stereocenters. The lowest BCUT2D eigenvalue weighted by molar-refractivity contribution is 0.0400. The Labute approximate surface area is 75.2 Å². The molecule has 1 aliphatic rings. The zero-order chi connectivity index (χ0) is 9.35. The van der Waals surface area contributed by atoms with E-state index in [0.717, 1.165) is 12.8 Å². The topological polar surface area (TPSA) is 46.2 Å². The van der Waals surface area contributed by atoms with Gasteiger partial charge in [-0.25, -0.2) is 0 Å². The highest BCUT2D eigenvalue weighted by Crippen LogP contribution is 2.56. The molecule has 1 fully saturated rings. The highest BCUT2D eigenvalue weighted by Gasteiger charge is 2.53. The molecule has 0 amide bonds. The van der Waals surface area contributed by atoms with Gasteiger partial charge in [-0.3, -0.25) is 0 Å². The highest BCUT2D eigenvalue weighted by molar-refractivity contribution is 5.02. The number of hydrogen-bond acceptors (Lipinski definition) is 2. The minimum Gasteiger partial charge on any atom is -0.392 e. The van der Waals surface area contributed by atoms with Crippen LogP contribution in [-0.2, 0) is 0 Å². The van der Waals surface area contributed by atoms with Gasteiger partial charge in [-0.05, 0) is 36.6 Å². The van der Waals surface area contributed by atoms with Gasteiger partial charge in [0, 0.05) is 0 Å². The van der Waals surface area contributed by atoms with E-state index in [0.29, 0.717) is 18.4 Å². The van der Waals surface area contributed by atoms with Crippen LogP contribution < -0.4 is 5.73 Å². The zero-order valence-electron chi connectivity index (χ0n) is 8.38. The minimum absolute atomic E-state index is 0.167. The first kappa shape index (κ1) is 10.0. The fraction of sp³-hybridized carbons (Fsp3) is 1.00. The summed E-state index contributed by atoms with van der Waals surface area (Å²) >= 11 is 0. The summed E-state index contributed by atoms with van der Waals surface area (Å²) in [4.78, 5) is 0. The van der Waals surface area contributed by atoms with Crippen LogP contribution in [0.3, 0.4) is 0 Å². The Bertz CT molecular complexity index is 156. The second-order valence-corrected chi connectivity index (χ2v) is 4.46. The molecule has 3 N–H and O–H groups in total. The molecule has 0 radical (unpaired) electrons. The van der Waals surface area contributed by atoms with Crippen LogP contribution in [0.1, 0.15) is 33.6 Å². The van der Waals surface area contributed by atoms with Crippen molar-refractivity contribution < 1.29 is 5.11 Å². The molecule has 1 saturated carbocycles. The molecule has 0 bridgehead atoms. The number of nitrogens with two attached hydrogens (primary N) is 1. The zero-order valence-corrected chi connectivity index (χ0v) is 8.38. The van der Waals surface area contributed by atoms with Gasteiger partial charge in [0.25, 0.3) is 0 Å². The maximum Gasteiger partial charge on any atom is 0.0636 e. The van der Waals surface area contributed by atoms with Crippen molar-refractivity contribution >= 4 is 0 Å². The van der Waals surface area contributed by atoms with E-state index in [1.807, 2.05) is 0 Å². The molecule has 1 aliphatic carbocycles. The highest BCUT2D eigenvalue weighted by atomic mass is 16.3. The van der Waals surface area contributed by atoms with E-state index < -0.39 is 0 Å². The van der Waals surface area contributed by atoms with Crippen molar-refractivity contribution in [2.75, 3.05) is 6.54 Å². The van der Waals surface area contributed by atoms with E-state index in [4.69, 9.17) is 5.73 Å². The summed E-state index contributed by atoms with van der Waals surface area (Å²) in [6.07, 6.45) is 1.95. The third-order valence-corrected chi connectivity index (χ3v) is 3.66. The number of hydrogen-bond donors (Lipinski definition) is 2. The van der Waals surface area contributed by atoms with Crippen LogP contribution in [0.25, 0.3) is 0 Å². The SMILES string of the molecule is CCC(CN)C(O)C1(C)CC1C. The first-order valence-corrected chi connectivity index (χ1v) is 4.94. The minimum atomic E-state index is -0.192. The third-order valence-electron chi connectivity index (χ3n) is 3.66. The Morgan fingerprint density at radius 2 is 2.17 bits per heavy atom. The fourth-order valence-electron chi connectivity index (χ4n) is 2.07. The van der Waals surface area contributed by atoms with Gasteiger partial charge in [0.05, 0.1) is 6.10 Å². The van der Waals surface area contributed by atoms with E-state index in [1.165, 1.54) is 0 Å². The van der Waals surface area contributed by atoms with Crippen molar-refractivity contribution in [3.05, 3.63) is 0 Å². The van der Waals surface area contributed by atoms with E-state index in [2.05, 4.69) is 20.8 Å². The molecule has 0 spiro atoms. The van der Waals surface area contributed by atoms with Crippen LogP contribution in [0.4, 0.5) is 0 Å². The van der Waals surface area contributed by atoms with Gasteiger partial charge < -0.3 is 10.8 Å². The Morgan fingerprint density at radius 3 is 2.42 bits per heavy atom. The van der Waals surface area contributed by atoms with E-state index in [9.17, 15) is 5.11 Å².